The summed E-state index contributed by atoms with van der Waals surface area (Å²) in [6.45, 7) is 0.568. The van der Waals surface area contributed by atoms with Crippen molar-refractivity contribution in [1.82, 2.24) is 39.0 Å². The molecule has 6 rings (SSSR count). The van der Waals surface area contributed by atoms with Gasteiger partial charge in [0.05, 0.1) is 25.4 Å². The van der Waals surface area contributed by atoms with Gasteiger partial charge in [-0.25, -0.2) is 19.1 Å². The van der Waals surface area contributed by atoms with Crippen LogP contribution in [0.25, 0.3) is 22.3 Å². The lowest BCUT2D eigenvalue weighted by molar-refractivity contribution is -0.0551. The molecule has 10 unspecified atom stereocenters. The number of nitrogens with one attached hydrogen (secondary N) is 2. The molecule has 26 heteroatoms. The van der Waals surface area contributed by atoms with E-state index in [1.165, 1.54) is 11.5 Å². The highest BCUT2D eigenvalue weighted by Gasteiger charge is 2.51. The first-order chi connectivity index (χ1) is 22.1. The van der Waals surface area contributed by atoms with Gasteiger partial charge in [-0.15, -0.1) is 0 Å². The van der Waals surface area contributed by atoms with Crippen molar-refractivity contribution in [1.29, 1.82) is 0 Å². The third-order valence-corrected chi connectivity index (χ3v) is 9.31. The Morgan fingerprint density at radius 2 is 1.40 bits per heavy atom. The molecule has 2 fully saturated rings. The number of nitrogens with two attached hydrogens (primary N) is 2. The summed E-state index contributed by atoms with van der Waals surface area (Å²) in [5.41, 5.74) is 9.44. The first kappa shape index (κ1) is 33.3. The average molecular weight is 706 g/mol. The standard InChI is InChI=1S/C21H28N10O14P2/c1-6-12(11(33)18(42-6)30-4-24-8-14(30)26-20(22)28-16(8)34)44-47(38,39)41-3-7-10(32)13(45-46(36,37)40-2)19(43-7)31-5-25-9-15(31)27-21(23)29-17(9)35/h4-7,10-13,18-19,32-33H,3H2,1-2H3,(H,36,37)(H,38,39)(H3,22,26,28,34)(H3,23,27,29,35). The van der Waals surface area contributed by atoms with Crippen LogP contribution in [0.3, 0.4) is 0 Å². The van der Waals surface area contributed by atoms with Gasteiger partial charge in [-0.05, 0) is 6.92 Å². The van der Waals surface area contributed by atoms with E-state index in [1.807, 2.05) is 0 Å². The third-order valence-electron chi connectivity index (χ3n) is 7.35. The second-order valence-electron chi connectivity index (χ2n) is 10.4. The summed E-state index contributed by atoms with van der Waals surface area (Å²) < 4.78 is 59.0. The van der Waals surface area contributed by atoms with Crippen LogP contribution in [0.15, 0.2) is 22.2 Å². The lowest BCUT2D eigenvalue weighted by Crippen LogP contribution is -2.36. The van der Waals surface area contributed by atoms with E-state index in [1.54, 1.807) is 0 Å². The first-order valence-corrected chi connectivity index (χ1v) is 16.4. The van der Waals surface area contributed by atoms with E-state index >= 15 is 0 Å². The van der Waals surface area contributed by atoms with E-state index in [0.717, 1.165) is 24.3 Å². The summed E-state index contributed by atoms with van der Waals surface area (Å²) >= 11 is 0. The fraction of sp³-hybridized carbons (Fsp3) is 0.524. The van der Waals surface area contributed by atoms with Gasteiger partial charge in [0.15, 0.2) is 34.8 Å². The molecule has 4 aromatic rings. The molecule has 6 heterocycles. The third kappa shape index (κ3) is 6.22. The van der Waals surface area contributed by atoms with Crippen LogP contribution in [-0.4, -0.2) is 109 Å². The Hall–Kier alpha value is -3.64. The molecule has 0 spiro atoms. The number of aliphatic hydroxyl groups is 2. The summed E-state index contributed by atoms with van der Waals surface area (Å²) in [7, 11) is -8.97. The number of phosphoric acid groups is 2. The Morgan fingerprint density at radius 3 is 1.96 bits per heavy atom. The number of hydrogen-bond donors (Lipinski definition) is 8. The molecule has 0 aromatic carbocycles. The zero-order valence-electron chi connectivity index (χ0n) is 24.1. The van der Waals surface area contributed by atoms with Crippen molar-refractivity contribution in [3.8, 4) is 0 Å². The van der Waals surface area contributed by atoms with Gasteiger partial charge in [0.1, 0.15) is 30.5 Å². The zero-order chi connectivity index (χ0) is 34.0. The maximum absolute atomic E-state index is 13.0. The maximum atomic E-state index is 13.0. The molecule has 0 saturated carbocycles. The van der Waals surface area contributed by atoms with E-state index in [0.29, 0.717) is 0 Å². The zero-order valence-corrected chi connectivity index (χ0v) is 25.9. The highest BCUT2D eigenvalue weighted by atomic mass is 31.2. The SMILES string of the molecule is COP(=O)(O)OC1C(O)C(COP(=O)(O)OC2C(C)OC(n3cnc4c(=O)[nH]c(N)nc43)C2O)OC1n1cnc2c(=O)[nH]c(N)nc21. The minimum Gasteiger partial charge on any atom is -0.387 e. The molecule has 4 aromatic heterocycles. The molecule has 0 bridgehead atoms. The Bertz CT molecular complexity index is 2030. The number of aromatic nitrogens is 8. The lowest BCUT2D eigenvalue weighted by atomic mass is 10.1. The Balaban J connectivity index is 1.19. The average Bonchev–Trinajstić information content (AvgIpc) is 3.74. The summed E-state index contributed by atoms with van der Waals surface area (Å²) in [4.78, 5) is 65.3. The van der Waals surface area contributed by atoms with Gasteiger partial charge in [0, 0.05) is 7.11 Å². The van der Waals surface area contributed by atoms with Crippen LogP contribution >= 0.6 is 15.6 Å². The van der Waals surface area contributed by atoms with Crippen LogP contribution in [-0.2, 0) is 36.7 Å². The van der Waals surface area contributed by atoms with Crippen LogP contribution < -0.4 is 22.6 Å². The number of rotatable bonds is 10. The van der Waals surface area contributed by atoms with Gasteiger partial charge in [-0.1, -0.05) is 0 Å². The number of aliphatic hydroxyl groups excluding tert-OH is 2. The predicted molar refractivity (Wildman–Crippen MR) is 153 cm³/mol. The fourth-order valence-corrected chi connectivity index (χ4v) is 6.82. The molecule has 47 heavy (non-hydrogen) atoms. The molecule has 0 aliphatic carbocycles. The van der Waals surface area contributed by atoms with Gasteiger partial charge in [-0.2, -0.15) is 9.97 Å². The quantitative estimate of drug-likeness (QED) is 0.0796. The second-order valence-corrected chi connectivity index (χ2v) is 13.3. The maximum Gasteiger partial charge on any atom is 0.472 e. The Morgan fingerprint density at radius 1 is 0.872 bits per heavy atom. The van der Waals surface area contributed by atoms with E-state index in [-0.39, 0.29) is 34.2 Å². The van der Waals surface area contributed by atoms with Gasteiger partial charge < -0.3 is 40.9 Å². The van der Waals surface area contributed by atoms with Crippen molar-refractivity contribution in [3.63, 3.8) is 0 Å². The number of H-pyrrole nitrogens is 2. The highest BCUT2D eigenvalue weighted by molar-refractivity contribution is 7.47. The monoisotopic (exact) mass is 706 g/mol. The van der Waals surface area contributed by atoms with Crippen molar-refractivity contribution in [2.45, 2.75) is 56.0 Å². The van der Waals surface area contributed by atoms with E-state index in [4.69, 9.17) is 34.5 Å². The largest absolute Gasteiger partial charge is 0.472 e. The molecule has 2 aliphatic heterocycles. The highest BCUT2D eigenvalue weighted by Crippen LogP contribution is 2.51. The molecular weight excluding hydrogens is 678 g/mol. The Kier molecular flexibility index (Phi) is 8.57. The van der Waals surface area contributed by atoms with Crippen LogP contribution in [0.2, 0.25) is 0 Å². The number of hydrogen-bond acceptors (Lipinski definition) is 18. The van der Waals surface area contributed by atoms with E-state index < -0.39 is 82.5 Å². The number of nitrogen functional groups attached to an aromatic ring is 2. The molecular formula is C21H28N10O14P2. The molecule has 0 radical (unpaired) electrons. The van der Waals surface area contributed by atoms with Crippen molar-refractivity contribution in [2.75, 3.05) is 25.2 Å². The van der Waals surface area contributed by atoms with E-state index in [2.05, 4.69) is 34.4 Å². The van der Waals surface area contributed by atoms with Gasteiger partial charge in [0.2, 0.25) is 11.9 Å². The van der Waals surface area contributed by atoms with Crippen LogP contribution in [0.1, 0.15) is 19.4 Å². The van der Waals surface area contributed by atoms with E-state index in [9.17, 15) is 38.7 Å². The summed E-state index contributed by atoms with van der Waals surface area (Å²) in [6.07, 6.45) is -9.70. The molecule has 2 saturated heterocycles. The Labute approximate surface area is 260 Å². The number of ether oxygens (including phenoxy) is 2. The number of fused-ring (bicyclic) bond motifs is 2. The molecule has 0 amide bonds. The van der Waals surface area contributed by atoms with Crippen molar-refractivity contribution in [3.05, 3.63) is 33.4 Å². The minimum absolute atomic E-state index is 0.0284. The van der Waals surface area contributed by atoms with Crippen molar-refractivity contribution >= 4 is 49.9 Å². The number of phosphoric ester groups is 2. The smallest absolute Gasteiger partial charge is 0.387 e. The van der Waals surface area contributed by atoms with Gasteiger partial charge in [0.25, 0.3) is 11.1 Å². The molecule has 2 aliphatic rings. The molecule has 256 valence electrons. The normalized spacial score (nSPS) is 30.6. The van der Waals surface area contributed by atoms with Crippen molar-refractivity contribution in [2.24, 2.45) is 0 Å². The van der Waals surface area contributed by atoms with Crippen molar-refractivity contribution < 1.29 is 56.7 Å². The summed E-state index contributed by atoms with van der Waals surface area (Å²) in [5.74, 6) is -0.524. The number of imidazole rings is 2. The molecule has 10 N–H and O–H groups in total. The van der Waals surface area contributed by atoms with Gasteiger partial charge >= 0.3 is 15.6 Å². The van der Waals surface area contributed by atoms with Crippen LogP contribution in [0.4, 0.5) is 11.9 Å². The molecule has 24 nitrogen and oxygen atoms in total. The minimum atomic E-state index is -5.07. The van der Waals surface area contributed by atoms with Gasteiger partial charge in [-0.3, -0.25) is 46.8 Å². The lowest BCUT2D eigenvalue weighted by Gasteiger charge is -2.23. The number of anilines is 2. The van der Waals surface area contributed by atoms with Crippen LogP contribution in [0, 0.1) is 0 Å². The molecule has 10 atom stereocenters. The predicted octanol–water partition coefficient (Wildman–Crippen LogP) is -2.41. The first-order valence-electron chi connectivity index (χ1n) is 13.4. The number of aromatic amines is 2. The fourth-order valence-electron chi connectivity index (χ4n) is 5.20. The topological polar surface area (TPSA) is 350 Å². The summed E-state index contributed by atoms with van der Waals surface area (Å²) in [5, 5.41) is 22.0. The summed E-state index contributed by atoms with van der Waals surface area (Å²) in [6, 6.07) is 0. The van der Waals surface area contributed by atoms with Crippen LogP contribution in [0.5, 0.6) is 0 Å². The number of nitrogens with zero attached hydrogens (tertiary/aromatic N) is 6. The second kappa shape index (κ2) is 12.1.